The number of aromatic amines is 1. The topological polar surface area (TPSA) is 77.7 Å². The van der Waals surface area contributed by atoms with Crippen molar-refractivity contribution in [2.24, 2.45) is 0 Å². The second kappa shape index (κ2) is 8.67. The molecule has 2 aromatic carbocycles. The van der Waals surface area contributed by atoms with Crippen LogP contribution in [-0.2, 0) is 4.79 Å². The first-order valence-electron chi connectivity index (χ1n) is 9.77. The number of aromatic nitrogens is 1. The number of nitrogens with one attached hydrogen (secondary N) is 2. The molecule has 0 radical (unpaired) electrons. The van der Waals surface area contributed by atoms with E-state index in [0.29, 0.717) is 29.6 Å². The molecule has 1 saturated heterocycles. The minimum absolute atomic E-state index is 0.0392. The lowest BCUT2D eigenvalue weighted by atomic mass is 10.2. The second-order valence-corrected chi connectivity index (χ2v) is 7.57. The zero-order valence-electron chi connectivity index (χ0n) is 16.7. The van der Waals surface area contributed by atoms with Gasteiger partial charge in [-0.3, -0.25) is 9.59 Å². The third-order valence-electron chi connectivity index (χ3n) is 5.29. The zero-order valence-corrected chi connectivity index (χ0v) is 17.4. The fraction of sp³-hybridized carbons (Fsp3) is 0.273. The Kier molecular flexibility index (Phi) is 5.81. The molecular weight excluding hydrogens is 404 g/mol. The van der Waals surface area contributed by atoms with Crippen LogP contribution in [0.1, 0.15) is 10.5 Å². The Labute approximate surface area is 179 Å². The van der Waals surface area contributed by atoms with Crippen LogP contribution in [-0.4, -0.2) is 61.5 Å². The molecule has 1 aromatic heterocycles. The van der Waals surface area contributed by atoms with Crippen LogP contribution in [0.15, 0.2) is 48.5 Å². The first-order chi connectivity index (χ1) is 14.5. The van der Waals surface area contributed by atoms with Gasteiger partial charge in [0.2, 0.25) is 5.91 Å². The number of fused-ring (bicyclic) bond motifs is 1. The lowest BCUT2D eigenvalue weighted by Gasteiger charge is -2.36. The summed E-state index contributed by atoms with van der Waals surface area (Å²) < 4.78 is 5.32. The van der Waals surface area contributed by atoms with Gasteiger partial charge in [0, 0.05) is 47.8 Å². The van der Waals surface area contributed by atoms with E-state index in [1.54, 1.807) is 18.1 Å². The Hall–Kier alpha value is -3.19. The molecule has 2 amide bonds. The molecule has 7 nitrogen and oxygen atoms in total. The smallest absolute Gasteiger partial charge is 0.268 e. The van der Waals surface area contributed by atoms with E-state index >= 15 is 0 Å². The molecule has 0 aliphatic carbocycles. The van der Waals surface area contributed by atoms with Gasteiger partial charge in [-0.05, 0) is 36.4 Å². The van der Waals surface area contributed by atoms with Crippen LogP contribution in [0.5, 0.6) is 5.75 Å². The molecule has 1 fully saturated rings. The Morgan fingerprint density at radius 2 is 1.87 bits per heavy atom. The summed E-state index contributed by atoms with van der Waals surface area (Å²) in [5, 5.41) is 4.24. The van der Waals surface area contributed by atoms with Gasteiger partial charge in [-0.2, -0.15) is 0 Å². The van der Waals surface area contributed by atoms with E-state index in [1.165, 1.54) is 0 Å². The number of halogens is 1. The Bertz CT molecular complexity index is 1070. The van der Waals surface area contributed by atoms with Crippen molar-refractivity contribution in [3.05, 3.63) is 59.2 Å². The summed E-state index contributed by atoms with van der Waals surface area (Å²) in [6.45, 7) is 2.61. The molecule has 0 saturated carbocycles. The van der Waals surface area contributed by atoms with Crippen LogP contribution in [0.2, 0.25) is 5.02 Å². The normalized spacial score (nSPS) is 14.1. The number of carbonyl (C=O) groups is 2. The number of anilines is 1. The summed E-state index contributed by atoms with van der Waals surface area (Å²) in [7, 11) is 1.59. The highest BCUT2D eigenvalue weighted by molar-refractivity contribution is 6.30. The number of carbonyl (C=O) groups excluding carboxylic acids is 2. The molecule has 0 bridgehead atoms. The minimum atomic E-state index is -0.320. The predicted octanol–water partition coefficient (Wildman–Crippen LogP) is 2.91. The maximum absolute atomic E-state index is 12.5. The predicted molar refractivity (Wildman–Crippen MR) is 117 cm³/mol. The van der Waals surface area contributed by atoms with Crippen molar-refractivity contribution in [1.82, 2.24) is 15.2 Å². The van der Waals surface area contributed by atoms with E-state index in [0.717, 1.165) is 29.7 Å². The Morgan fingerprint density at radius 1 is 1.10 bits per heavy atom. The first-order valence-corrected chi connectivity index (χ1v) is 10.1. The van der Waals surface area contributed by atoms with E-state index in [-0.39, 0.29) is 18.4 Å². The van der Waals surface area contributed by atoms with E-state index in [2.05, 4.69) is 15.2 Å². The number of rotatable bonds is 5. The Morgan fingerprint density at radius 3 is 2.60 bits per heavy atom. The molecule has 0 unspecified atom stereocenters. The van der Waals surface area contributed by atoms with E-state index in [9.17, 15) is 9.59 Å². The highest BCUT2D eigenvalue weighted by Crippen LogP contribution is 2.26. The molecular formula is C22H23ClN4O3. The van der Waals surface area contributed by atoms with Gasteiger partial charge in [-0.25, -0.2) is 0 Å². The van der Waals surface area contributed by atoms with Crippen molar-refractivity contribution in [2.45, 2.75) is 0 Å². The fourth-order valence-corrected chi connectivity index (χ4v) is 3.86. The van der Waals surface area contributed by atoms with Crippen LogP contribution in [0.3, 0.4) is 0 Å². The number of methoxy groups -OCH3 is 1. The van der Waals surface area contributed by atoms with Gasteiger partial charge >= 0.3 is 0 Å². The number of hydrogen-bond donors (Lipinski definition) is 2. The highest BCUT2D eigenvalue weighted by atomic mass is 35.5. The van der Waals surface area contributed by atoms with E-state index in [4.69, 9.17) is 16.3 Å². The molecule has 156 valence electrons. The van der Waals surface area contributed by atoms with Gasteiger partial charge in [-0.15, -0.1) is 0 Å². The summed E-state index contributed by atoms with van der Waals surface area (Å²) in [5.41, 5.74) is 2.26. The summed E-state index contributed by atoms with van der Waals surface area (Å²) in [4.78, 5) is 32.1. The summed E-state index contributed by atoms with van der Waals surface area (Å²) in [6.07, 6.45) is 0. The first kappa shape index (κ1) is 20.1. The van der Waals surface area contributed by atoms with E-state index < -0.39 is 0 Å². The van der Waals surface area contributed by atoms with Crippen LogP contribution in [0, 0.1) is 0 Å². The van der Waals surface area contributed by atoms with Crippen molar-refractivity contribution in [3.63, 3.8) is 0 Å². The number of nitrogens with zero attached hydrogens (tertiary/aromatic N) is 2. The number of piperazine rings is 1. The van der Waals surface area contributed by atoms with Crippen LogP contribution >= 0.6 is 11.6 Å². The number of hydrogen-bond acceptors (Lipinski definition) is 4. The number of ether oxygens (including phenoxy) is 1. The lowest BCUT2D eigenvalue weighted by Crippen LogP contribution is -2.51. The summed E-state index contributed by atoms with van der Waals surface area (Å²) >= 11 is 6.07. The summed E-state index contributed by atoms with van der Waals surface area (Å²) in [6, 6.07) is 15.0. The van der Waals surface area contributed by atoms with Crippen molar-refractivity contribution >= 4 is 40.0 Å². The van der Waals surface area contributed by atoms with Crippen LogP contribution < -0.4 is 15.0 Å². The van der Waals surface area contributed by atoms with Gasteiger partial charge in [0.05, 0.1) is 13.7 Å². The third kappa shape index (κ3) is 4.21. The van der Waals surface area contributed by atoms with Crippen molar-refractivity contribution < 1.29 is 14.3 Å². The standard InChI is InChI=1S/C22H23ClN4O3/c1-30-20-7-3-6-18-17(20)13-19(25-18)22(29)24-14-21(28)27-10-8-26(9-11-27)16-5-2-4-15(23)12-16/h2-7,12-13,25H,8-11,14H2,1H3,(H,24,29). The van der Waals surface area contributed by atoms with Gasteiger partial charge < -0.3 is 24.8 Å². The van der Waals surface area contributed by atoms with Crippen LogP contribution in [0.25, 0.3) is 10.9 Å². The maximum Gasteiger partial charge on any atom is 0.268 e. The Balaban J connectivity index is 1.31. The average molecular weight is 427 g/mol. The molecule has 0 atom stereocenters. The van der Waals surface area contributed by atoms with Gasteiger partial charge in [0.15, 0.2) is 0 Å². The molecule has 8 heteroatoms. The molecule has 1 aliphatic rings. The summed E-state index contributed by atoms with van der Waals surface area (Å²) in [5.74, 6) is 0.276. The maximum atomic E-state index is 12.5. The third-order valence-corrected chi connectivity index (χ3v) is 5.53. The largest absolute Gasteiger partial charge is 0.496 e. The van der Waals surface area contributed by atoms with Crippen LogP contribution in [0.4, 0.5) is 5.69 Å². The van der Waals surface area contributed by atoms with Gasteiger partial charge in [0.1, 0.15) is 11.4 Å². The highest BCUT2D eigenvalue weighted by Gasteiger charge is 2.22. The van der Waals surface area contributed by atoms with Crippen molar-refractivity contribution in [2.75, 3.05) is 44.7 Å². The van der Waals surface area contributed by atoms with Gasteiger partial charge in [0.25, 0.3) is 5.91 Å². The number of H-pyrrole nitrogens is 1. The lowest BCUT2D eigenvalue weighted by molar-refractivity contribution is -0.130. The SMILES string of the molecule is COc1cccc2[nH]c(C(=O)NCC(=O)N3CCN(c4cccc(Cl)c4)CC3)cc12. The van der Waals surface area contributed by atoms with E-state index in [1.807, 2.05) is 42.5 Å². The minimum Gasteiger partial charge on any atom is -0.496 e. The number of benzene rings is 2. The van der Waals surface area contributed by atoms with Crippen molar-refractivity contribution in [3.8, 4) is 5.75 Å². The monoisotopic (exact) mass is 426 g/mol. The fourth-order valence-electron chi connectivity index (χ4n) is 3.68. The molecule has 2 heterocycles. The molecule has 30 heavy (non-hydrogen) atoms. The number of amides is 2. The molecule has 2 N–H and O–H groups in total. The zero-order chi connectivity index (χ0) is 21.1. The molecule has 0 spiro atoms. The second-order valence-electron chi connectivity index (χ2n) is 7.13. The van der Waals surface area contributed by atoms with Crippen molar-refractivity contribution in [1.29, 1.82) is 0 Å². The van der Waals surface area contributed by atoms with Gasteiger partial charge in [-0.1, -0.05) is 23.7 Å². The average Bonchev–Trinajstić information content (AvgIpc) is 3.22. The quantitative estimate of drug-likeness (QED) is 0.657. The molecule has 3 aromatic rings. The molecule has 4 rings (SSSR count). The molecule has 1 aliphatic heterocycles.